The molecular weight excluding hydrogens is 398 g/mol. The number of benzene rings is 2. The normalized spacial score (nSPS) is 11.0. The van der Waals surface area contributed by atoms with Gasteiger partial charge in [0, 0.05) is 16.8 Å². The highest BCUT2D eigenvalue weighted by atomic mass is 32.1. The van der Waals surface area contributed by atoms with Gasteiger partial charge in [0.05, 0.1) is 6.61 Å². The van der Waals surface area contributed by atoms with Crippen LogP contribution in [0, 0.1) is 13.8 Å². The van der Waals surface area contributed by atoms with Crippen molar-refractivity contribution in [3.05, 3.63) is 59.4 Å². The van der Waals surface area contributed by atoms with E-state index in [1.807, 2.05) is 44.2 Å². The van der Waals surface area contributed by atoms with Crippen LogP contribution >= 0.6 is 11.3 Å². The molecule has 0 unspecified atom stereocenters. The van der Waals surface area contributed by atoms with Crippen molar-refractivity contribution in [3.8, 4) is 16.3 Å². The zero-order valence-electron chi connectivity index (χ0n) is 17.2. The Hall–Kier alpha value is -3.26. The molecule has 2 aromatic carbocycles. The summed E-state index contributed by atoms with van der Waals surface area (Å²) in [6, 6.07) is 13.2. The van der Waals surface area contributed by atoms with Crippen LogP contribution in [0.2, 0.25) is 0 Å². The van der Waals surface area contributed by atoms with Gasteiger partial charge in [-0.25, -0.2) is 0 Å². The quantitative estimate of drug-likeness (QED) is 0.429. The second kappa shape index (κ2) is 8.62. The van der Waals surface area contributed by atoms with Gasteiger partial charge in [0.2, 0.25) is 4.96 Å². The van der Waals surface area contributed by atoms with Crippen molar-refractivity contribution in [3.63, 3.8) is 0 Å². The summed E-state index contributed by atoms with van der Waals surface area (Å²) in [4.78, 5) is 13.6. The standard InChI is InChI=1S/C22H23N5O2S/c1-4-5-11-29-18-8-6-7-16(12-18)20(28)23-19-13-17(10-9-14(19)2)21-26-27-15(3)24-25-22(27)30-21/h6-10,12-13H,4-5,11H2,1-3H3,(H,23,28). The molecule has 4 aromatic rings. The minimum absolute atomic E-state index is 0.176. The van der Waals surface area contributed by atoms with Crippen LogP contribution in [0.25, 0.3) is 15.5 Å². The van der Waals surface area contributed by atoms with Crippen molar-refractivity contribution in [2.75, 3.05) is 11.9 Å². The molecule has 0 aliphatic heterocycles. The Morgan fingerprint density at radius 3 is 2.83 bits per heavy atom. The number of aryl methyl sites for hydroxylation is 2. The Balaban J connectivity index is 1.55. The molecule has 0 saturated carbocycles. The highest BCUT2D eigenvalue weighted by Crippen LogP contribution is 2.29. The third-order valence-corrected chi connectivity index (χ3v) is 5.69. The minimum Gasteiger partial charge on any atom is -0.494 e. The van der Waals surface area contributed by atoms with E-state index in [4.69, 9.17) is 4.74 Å². The van der Waals surface area contributed by atoms with E-state index in [0.717, 1.165) is 45.4 Å². The number of carbonyl (C=O) groups excluding carboxylic acids is 1. The summed E-state index contributed by atoms with van der Waals surface area (Å²) in [7, 11) is 0. The molecule has 0 radical (unpaired) electrons. The Morgan fingerprint density at radius 2 is 2.03 bits per heavy atom. The fraction of sp³-hybridized carbons (Fsp3) is 0.273. The van der Waals surface area contributed by atoms with E-state index in [0.29, 0.717) is 17.9 Å². The van der Waals surface area contributed by atoms with Crippen molar-refractivity contribution >= 4 is 27.9 Å². The van der Waals surface area contributed by atoms with Gasteiger partial charge in [-0.1, -0.05) is 42.9 Å². The Bertz CT molecular complexity index is 1200. The highest BCUT2D eigenvalue weighted by molar-refractivity contribution is 7.19. The summed E-state index contributed by atoms with van der Waals surface area (Å²) in [5, 5.41) is 16.6. The topological polar surface area (TPSA) is 81.4 Å². The molecule has 7 nitrogen and oxygen atoms in total. The van der Waals surface area contributed by atoms with E-state index in [2.05, 4.69) is 27.5 Å². The van der Waals surface area contributed by atoms with Gasteiger partial charge >= 0.3 is 0 Å². The predicted octanol–water partition coefficient (Wildman–Crippen LogP) is 4.90. The first-order chi connectivity index (χ1) is 14.5. The van der Waals surface area contributed by atoms with Gasteiger partial charge < -0.3 is 10.1 Å². The lowest BCUT2D eigenvalue weighted by Crippen LogP contribution is -2.13. The fourth-order valence-electron chi connectivity index (χ4n) is 2.98. The Labute approximate surface area is 178 Å². The summed E-state index contributed by atoms with van der Waals surface area (Å²) in [5.74, 6) is 1.27. The molecule has 2 aromatic heterocycles. The van der Waals surface area contributed by atoms with Crippen molar-refractivity contribution in [1.82, 2.24) is 19.8 Å². The zero-order chi connectivity index (χ0) is 21.1. The van der Waals surface area contributed by atoms with E-state index >= 15 is 0 Å². The van der Waals surface area contributed by atoms with Gasteiger partial charge in [-0.15, -0.1) is 10.2 Å². The van der Waals surface area contributed by atoms with Gasteiger partial charge in [0.1, 0.15) is 10.8 Å². The Kier molecular flexibility index (Phi) is 5.76. The maximum absolute atomic E-state index is 12.8. The first kappa shape index (κ1) is 20.0. The van der Waals surface area contributed by atoms with Gasteiger partial charge in [-0.2, -0.15) is 9.61 Å². The van der Waals surface area contributed by atoms with Crippen LogP contribution in [0.15, 0.2) is 42.5 Å². The maximum Gasteiger partial charge on any atom is 0.255 e. The molecular formula is C22H23N5O2S. The van der Waals surface area contributed by atoms with Crippen molar-refractivity contribution in [2.24, 2.45) is 0 Å². The number of carbonyl (C=O) groups is 1. The van der Waals surface area contributed by atoms with Crippen LogP contribution in [0.4, 0.5) is 5.69 Å². The van der Waals surface area contributed by atoms with Gasteiger partial charge in [0.25, 0.3) is 5.91 Å². The molecule has 0 atom stereocenters. The molecule has 2 heterocycles. The molecule has 30 heavy (non-hydrogen) atoms. The molecule has 0 spiro atoms. The van der Waals surface area contributed by atoms with Gasteiger partial charge in [-0.05, 0) is 50.1 Å². The molecule has 0 saturated heterocycles. The second-order valence-corrected chi connectivity index (χ2v) is 8.02. The SMILES string of the molecule is CCCCOc1cccc(C(=O)Nc2cc(-c3nn4c(C)nnc4s3)ccc2C)c1. The molecule has 4 rings (SSSR count). The Morgan fingerprint density at radius 1 is 1.17 bits per heavy atom. The van der Waals surface area contributed by atoms with Crippen LogP contribution in [-0.4, -0.2) is 32.3 Å². The predicted molar refractivity (Wildman–Crippen MR) is 118 cm³/mol. The lowest BCUT2D eigenvalue weighted by molar-refractivity contribution is 0.102. The highest BCUT2D eigenvalue weighted by Gasteiger charge is 2.14. The fourth-order valence-corrected chi connectivity index (χ4v) is 3.86. The average molecular weight is 422 g/mol. The zero-order valence-corrected chi connectivity index (χ0v) is 18.0. The number of aromatic nitrogens is 4. The summed E-state index contributed by atoms with van der Waals surface area (Å²) in [5.41, 5.74) is 3.20. The van der Waals surface area contributed by atoms with Crippen molar-refractivity contribution in [2.45, 2.75) is 33.6 Å². The van der Waals surface area contributed by atoms with Crippen molar-refractivity contribution in [1.29, 1.82) is 0 Å². The molecule has 8 heteroatoms. The number of ether oxygens (including phenoxy) is 1. The van der Waals surface area contributed by atoms with Gasteiger partial charge in [-0.3, -0.25) is 4.79 Å². The minimum atomic E-state index is -0.176. The maximum atomic E-state index is 12.8. The van der Waals surface area contributed by atoms with Crippen LogP contribution in [0.3, 0.4) is 0 Å². The summed E-state index contributed by atoms with van der Waals surface area (Å²) < 4.78 is 7.44. The number of hydrogen-bond acceptors (Lipinski definition) is 6. The van der Waals surface area contributed by atoms with E-state index in [1.54, 1.807) is 16.6 Å². The number of nitrogens with zero attached hydrogens (tertiary/aromatic N) is 4. The van der Waals surface area contributed by atoms with Crippen molar-refractivity contribution < 1.29 is 9.53 Å². The molecule has 0 aliphatic carbocycles. The summed E-state index contributed by atoms with van der Waals surface area (Å²) in [6.07, 6.45) is 2.05. The number of unbranched alkanes of at least 4 members (excludes halogenated alkanes) is 1. The molecule has 1 N–H and O–H groups in total. The van der Waals surface area contributed by atoms with Crippen LogP contribution in [0.1, 0.15) is 41.5 Å². The van der Waals surface area contributed by atoms with Gasteiger partial charge in [0.15, 0.2) is 5.82 Å². The number of rotatable bonds is 7. The number of nitrogens with one attached hydrogen (secondary N) is 1. The van der Waals surface area contributed by atoms with E-state index in [1.165, 1.54) is 11.3 Å². The lowest BCUT2D eigenvalue weighted by atomic mass is 10.1. The number of amides is 1. The molecule has 0 bridgehead atoms. The smallest absolute Gasteiger partial charge is 0.255 e. The van der Waals surface area contributed by atoms with E-state index in [9.17, 15) is 4.79 Å². The van der Waals surface area contributed by atoms with Crippen LogP contribution in [-0.2, 0) is 0 Å². The second-order valence-electron chi connectivity index (χ2n) is 7.06. The van der Waals surface area contributed by atoms with Crippen LogP contribution in [0.5, 0.6) is 5.75 Å². The first-order valence-electron chi connectivity index (χ1n) is 9.89. The third-order valence-electron chi connectivity index (χ3n) is 4.74. The lowest BCUT2D eigenvalue weighted by Gasteiger charge is -2.11. The van der Waals surface area contributed by atoms with E-state index < -0.39 is 0 Å². The number of fused-ring (bicyclic) bond motifs is 1. The third kappa shape index (κ3) is 4.18. The molecule has 0 aliphatic rings. The number of hydrogen-bond donors (Lipinski definition) is 1. The summed E-state index contributed by atoms with van der Waals surface area (Å²) >= 11 is 1.46. The summed E-state index contributed by atoms with van der Waals surface area (Å²) in [6.45, 7) is 6.59. The average Bonchev–Trinajstić information content (AvgIpc) is 3.32. The number of anilines is 1. The molecule has 1 amide bonds. The monoisotopic (exact) mass is 421 g/mol. The van der Waals surface area contributed by atoms with E-state index in [-0.39, 0.29) is 5.91 Å². The molecule has 0 fully saturated rings. The largest absolute Gasteiger partial charge is 0.494 e. The first-order valence-corrected chi connectivity index (χ1v) is 10.7. The molecule has 154 valence electrons. The van der Waals surface area contributed by atoms with Crippen LogP contribution < -0.4 is 10.1 Å².